The monoisotopic (exact) mass is 299 g/mol. The van der Waals surface area contributed by atoms with Crippen LogP contribution in [0.1, 0.15) is 39.5 Å². The average Bonchev–Trinajstić information content (AvgIpc) is 2.48. The van der Waals surface area contributed by atoms with Crippen molar-refractivity contribution >= 4 is 17.7 Å². The summed E-state index contributed by atoms with van der Waals surface area (Å²) in [4.78, 5) is 15.0. The van der Waals surface area contributed by atoms with Crippen LogP contribution in [0.5, 0.6) is 0 Å². The molecule has 2 aliphatic rings. The minimum Gasteiger partial charge on any atom is -0.339 e. The van der Waals surface area contributed by atoms with Gasteiger partial charge in [-0.2, -0.15) is 11.8 Å². The molecule has 20 heavy (non-hydrogen) atoms. The Morgan fingerprint density at radius 3 is 2.60 bits per heavy atom. The lowest BCUT2D eigenvalue weighted by molar-refractivity contribution is -0.138. The Morgan fingerprint density at radius 1 is 1.35 bits per heavy atom. The zero-order chi connectivity index (χ0) is 14.4. The Kier molecular flexibility index (Phi) is 6.18. The number of rotatable bonds is 5. The van der Waals surface area contributed by atoms with Crippen molar-refractivity contribution in [2.75, 3.05) is 37.7 Å². The Morgan fingerprint density at radius 2 is 2.00 bits per heavy atom. The summed E-state index contributed by atoms with van der Waals surface area (Å²) < 4.78 is 0. The minimum atomic E-state index is -0.376. The normalized spacial score (nSPS) is 24.4. The molecular weight excluding hydrogens is 270 g/mol. The van der Waals surface area contributed by atoms with Gasteiger partial charge in [-0.25, -0.2) is 0 Å². The van der Waals surface area contributed by atoms with Gasteiger partial charge in [0.1, 0.15) is 0 Å². The van der Waals surface area contributed by atoms with Crippen molar-refractivity contribution in [3.8, 4) is 0 Å². The number of carbonyl (C=O) groups excluding carboxylic acids is 1. The molecule has 1 unspecified atom stereocenters. The van der Waals surface area contributed by atoms with Gasteiger partial charge in [0.25, 0.3) is 0 Å². The molecule has 0 radical (unpaired) electrons. The smallest absolute Gasteiger partial charge is 0.242 e. The van der Waals surface area contributed by atoms with Crippen molar-refractivity contribution in [3.05, 3.63) is 0 Å². The van der Waals surface area contributed by atoms with Crippen LogP contribution in [0.25, 0.3) is 0 Å². The first-order valence-corrected chi connectivity index (χ1v) is 9.17. The van der Waals surface area contributed by atoms with Crippen LogP contribution in [0.15, 0.2) is 0 Å². The molecule has 1 atom stereocenters. The number of nitrogens with one attached hydrogen (secondary N) is 2. The van der Waals surface area contributed by atoms with E-state index in [0.29, 0.717) is 11.9 Å². The van der Waals surface area contributed by atoms with E-state index in [4.69, 9.17) is 0 Å². The number of hydrogen-bond donors (Lipinski definition) is 2. The Balaban J connectivity index is 2.00. The summed E-state index contributed by atoms with van der Waals surface area (Å²) >= 11 is 1.95. The number of nitrogens with zero attached hydrogens (tertiary/aromatic N) is 1. The first-order valence-electron chi connectivity index (χ1n) is 8.01. The molecule has 0 aliphatic carbocycles. The topological polar surface area (TPSA) is 44.4 Å². The average molecular weight is 299 g/mol. The molecule has 0 aromatic carbocycles. The van der Waals surface area contributed by atoms with Crippen LogP contribution in [-0.2, 0) is 4.79 Å². The number of piperidine rings is 1. The zero-order valence-corrected chi connectivity index (χ0v) is 13.7. The highest BCUT2D eigenvalue weighted by molar-refractivity contribution is 7.99. The standard InChI is InChI=1S/C15H29N3OS/c1-3-6-15(2,17-13-4-7-16-8-5-13)14(19)18-9-11-20-12-10-18/h13,16-17H,3-12H2,1-2H3. The quantitative estimate of drug-likeness (QED) is 0.807. The SMILES string of the molecule is CCCC(C)(NC1CCNCC1)C(=O)N1CCSCC1. The maximum absolute atomic E-state index is 12.9. The second-order valence-electron chi connectivity index (χ2n) is 6.16. The van der Waals surface area contributed by atoms with Crippen molar-refractivity contribution < 1.29 is 4.79 Å². The highest BCUT2D eigenvalue weighted by atomic mass is 32.2. The largest absolute Gasteiger partial charge is 0.339 e. The third kappa shape index (κ3) is 4.12. The molecule has 0 bridgehead atoms. The van der Waals surface area contributed by atoms with E-state index in [0.717, 1.165) is 63.4 Å². The van der Waals surface area contributed by atoms with E-state index in [-0.39, 0.29) is 5.54 Å². The highest BCUT2D eigenvalue weighted by Gasteiger charge is 2.37. The molecule has 0 aromatic heterocycles. The maximum Gasteiger partial charge on any atom is 0.242 e. The first-order chi connectivity index (χ1) is 9.65. The van der Waals surface area contributed by atoms with Crippen molar-refractivity contribution in [2.45, 2.75) is 51.1 Å². The van der Waals surface area contributed by atoms with Crippen molar-refractivity contribution in [1.82, 2.24) is 15.5 Å². The van der Waals surface area contributed by atoms with Gasteiger partial charge < -0.3 is 15.5 Å². The van der Waals surface area contributed by atoms with Crippen LogP contribution in [0.2, 0.25) is 0 Å². The lowest BCUT2D eigenvalue weighted by Gasteiger charge is -2.40. The van der Waals surface area contributed by atoms with Gasteiger partial charge in [-0.1, -0.05) is 13.3 Å². The maximum atomic E-state index is 12.9. The van der Waals surface area contributed by atoms with Gasteiger partial charge in [-0.05, 0) is 39.3 Å². The summed E-state index contributed by atoms with van der Waals surface area (Å²) in [5.74, 6) is 2.49. The molecule has 4 nitrogen and oxygen atoms in total. The van der Waals surface area contributed by atoms with Crippen molar-refractivity contribution in [3.63, 3.8) is 0 Å². The zero-order valence-electron chi connectivity index (χ0n) is 12.9. The van der Waals surface area contributed by atoms with Gasteiger partial charge in [0, 0.05) is 30.6 Å². The molecule has 2 fully saturated rings. The van der Waals surface area contributed by atoms with Gasteiger partial charge in [0.15, 0.2) is 0 Å². The van der Waals surface area contributed by atoms with Crippen LogP contribution in [-0.4, -0.2) is 60.1 Å². The molecule has 0 spiro atoms. The number of amides is 1. The fourth-order valence-corrected chi connectivity index (χ4v) is 4.18. The van der Waals surface area contributed by atoms with Crippen LogP contribution < -0.4 is 10.6 Å². The van der Waals surface area contributed by atoms with Crippen molar-refractivity contribution in [1.29, 1.82) is 0 Å². The van der Waals surface area contributed by atoms with E-state index in [2.05, 4.69) is 29.4 Å². The molecular formula is C15H29N3OS. The van der Waals surface area contributed by atoms with Gasteiger partial charge in [-0.15, -0.1) is 0 Å². The lowest BCUT2D eigenvalue weighted by Crippen LogP contribution is -2.61. The predicted molar refractivity (Wildman–Crippen MR) is 86.2 cm³/mol. The van der Waals surface area contributed by atoms with Crippen LogP contribution in [0.4, 0.5) is 0 Å². The van der Waals surface area contributed by atoms with E-state index in [1.807, 2.05) is 11.8 Å². The van der Waals surface area contributed by atoms with Crippen LogP contribution >= 0.6 is 11.8 Å². The van der Waals surface area contributed by atoms with Crippen LogP contribution in [0.3, 0.4) is 0 Å². The predicted octanol–water partition coefficient (Wildman–Crippen LogP) is 1.46. The second kappa shape index (κ2) is 7.66. The Bertz CT molecular complexity index is 314. The molecule has 0 saturated carbocycles. The summed E-state index contributed by atoms with van der Waals surface area (Å²) in [6, 6.07) is 0.482. The molecule has 2 aliphatic heterocycles. The number of thioether (sulfide) groups is 1. The summed E-state index contributed by atoms with van der Waals surface area (Å²) in [5.41, 5.74) is -0.376. The molecule has 2 N–H and O–H groups in total. The minimum absolute atomic E-state index is 0.318. The highest BCUT2D eigenvalue weighted by Crippen LogP contribution is 2.21. The van der Waals surface area contributed by atoms with Gasteiger partial charge >= 0.3 is 0 Å². The molecule has 5 heteroatoms. The summed E-state index contributed by atoms with van der Waals surface area (Å²) in [6.07, 6.45) is 4.23. The summed E-state index contributed by atoms with van der Waals surface area (Å²) in [6.45, 7) is 8.24. The molecule has 2 heterocycles. The molecule has 116 valence electrons. The van der Waals surface area contributed by atoms with Gasteiger partial charge in [-0.3, -0.25) is 4.79 Å². The Labute approximate surface area is 127 Å². The fraction of sp³-hybridized carbons (Fsp3) is 0.933. The van der Waals surface area contributed by atoms with Gasteiger partial charge in [0.05, 0.1) is 5.54 Å². The van der Waals surface area contributed by atoms with Crippen LogP contribution in [0, 0.1) is 0 Å². The molecule has 2 saturated heterocycles. The Hall–Kier alpha value is -0.260. The van der Waals surface area contributed by atoms with E-state index in [1.165, 1.54) is 0 Å². The van der Waals surface area contributed by atoms with Gasteiger partial charge in [0.2, 0.25) is 5.91 Å². The lowest BCUT2D eigenvalue weighted by atomic mass is 9.91. The fourth-order valence-electron chi connectivity index (χ4n) is 3.27. The van der Waals surface area contributed by atoms with E-state index < -0.39 is 0 Å². The molecule has 2 rings (SSSR count). The first kappa shape index (κ1) is 16.1. The number of hydrogen-bond acceptors (Lipinski definition) is 4. The third-order valence-electron chi connectivity index (χ3n) is 4.38. The van der Waals surface area contributed by atoms with Crippen molar-refractivity contribution in [2.24, 2.45) is 0 Å². The second-order valence-corrected chi connectivity index (χ2v) is 7.38. The molecule has 1 amide bonds. The summed E-state index contributed by atoms with van der Waals surface area (Å²) in [7, 11) is 0. The van der Waals surface area contributed by atoms with E-state index >= 15 is 0 Å². The number of carbonyl (C=O) groups is 1. The van der Waals surface area contributed by atoms with E-state index in [1.54, 1.807) is 0 Å². The summed E-state index contributed by atoms with van der Waals surface area (Å²) in [5, 5.41) is 7.08. The third-order valence-corrected chi connectivity index (χ3v) is 5.32. The van der Waals surface area contributed by atoms with E-state index in [9.17, 15) is 4.79 Å². The molecule has 0 aromatic rings.